The van der Waals surface area contributed by atoms with Gasteiger partial charge in [-0.15, -0.1) is 0 Å². The number of ether oxygens (including phenoxy) is 1. The molecule has 7 heteroatoms. The number of aromatic carboxylic acids is 1. The number of aliphatic hydroxyl groups is 1. The number of halogens is 1. The van der Waals surface area contributed by atoms with E-state index >= 15 is 0 Å². The van der Waals surface area contributed by atoms with Crippen LogP contribution in [-0.2, 0) is 12.8 Å². The van der Waals surface area contributed by atoms with E-state index in [1.165, 1.54) is 23.8 Å². The van der Waals surface area contributed by atoms with Crippen LogP contribution in [0.5, 0.6) is 17.2 Å². The lowest BCUT2D eigenvalue weighted by Crippen LogP contribution is -2.37. The third-order valence-corrected chi connectivity index (χ3v) is 5.91. The fourth-order valence-corrected chi connectivity index (χ4v) is 4.17. The number of hydrogen-bond donors (Lipinski definition) is 4. The van der Waals surface area contributed by atoms with Crippen LogP contribution in [-0.4, -0.2) is 33.9 Å². The van der Waals surface area contributed by atoms with Gasteiger partial charge >= 0.3 is 5.97 Å². The van der Waals surface area contributed by atoms with Crippen molar-refractivity contribution < 1.29 is 24.9 Å². The number of aryl methyl sites for hydroxylation is 1. The predicted octanol–water partition coefficient (Wildman–Crippen LogP) is 4.72. The topological polar surface area (TPSA) is 99.0 Å². The van der Waals surface area contributed by atoms with E-state index < -0.39 is 12.1 Å². The summed E-state index contributed by atoms with van der Waals surface area (Å²) in [5.74, 6) is -0.572. The number of benzene rings is 3. The zero-order valence-electron chi connectivity index (χ0n) is 17.3. The summed E-state index contributed by atoms with van der Waals surface area (Å²) in [4.78, 5) is 11.2. The molecule has 4 rings (SSSR count). The maximum atomic E-state index is 11.2. The highest BCUT2D eigenvalue weighted by Gasteiger charge is 2.20. The first-order valence-electron chi connectivity index (χ1n) is 10.4. The molecule has 0 saturated carbocycles. The van der Waals surface area contributed by atoms with E-state index in [0.29, 0.717) is 23.1 Å². The maximum absolute atomic E-state index is 11.2. The molecule has 3 aromatic carbocycles. The average molecular weight is 454 g/mol. The number of carboxylic acids is 1. The first-order chi connectivity index (χ1) is 15.4. The van der Waals surface area contributed by atoms with Crippen LogP contribution in [0.3, 0.4) is 0 Å². The van der Waals surface area contributed by atoms with Crippen molar-refractivity contribution in [1.82, 2.24) is 5.32 Å². The number of fused-ring (bicyclic) bond motifs is 1. The highest BCUT2D eigenvalue weighted by Crippen LogP contribution is 2.31. The molecule has 4 N–H and O–H groups in total. The van der Waals surface area contributed by atoms with Gasteiger partial charge in [0.25, 0.3) is 0 Å². The monoisotopic (exact) mass is 453 g/mol. The molecule has 0 unspecified atom stereocenters. The molecular weight excluding hydrogens is 430 g/mol. The van der Waals surface area contributed by atoms with Crippen molar-refractivity contribution in [3.63, 3.8) is 0 Å². The van der Waals surface area contributed by atoms with Gasteiger partial charge in [0.05, 0.1) is 6.10 Å². The summed E-state index contributed by atoms with van der Waals surface area (Å²) in [6, 6.07) is 17.5. The second-order valence-electron chi connectivity index (χ2n) is 7.94. The molecule has 2 atom stereocenters. The zero-order chi connectivity index (χ0) is 22.7. The van der Waals surface area contributed by atoms with Crippen molar-refractivity contribution in [2.24, 2.45) is 0 Å². The number of carboxylic acid groups (broad SMARTS) is 1. The standard InChI is InChI=1S/C25H24ClNO5/c26-18-3-1-2-16(10-18)24(29)14-27-19-6-4-15-5-7-20(12-17(15)11-19)32-21-8-9-23(28)22(13-21)25(30)31/h1-3,5,7-10,12-13,19,24,27-29H,4,6,11,14H2,(H,30,31)/t19-,24-/m0/s1. The van der Waals surface area contributed by atoms with Crippen molar-refractivity contribution in [3.8, 4) is 17.2 Å². The largest absolute Gasteiger partial charge is 0.507 e. The Morgan fingerprint density at radius 1 is 1.09 bits per heavy atom. The predicted molar refractivity (Wildman–Crippen MR) is 122 cm³/mol. The summed E-state index contributed by atoms with van der Waals surface area (Å²) >= 11 is 6.01. The summed E-state index contributed by atoms with van der Waals surface area (Å²) in [6.07, 6.45) is 2.05. The number of rotatable bonds is 7. The Balaban J connectivity index is 1.41. The van der Waals surface area contributed by atoms with Crippen molar-refractivity contribution in [2.45, 2.75) is 31.4 Å². The lowest BCUT2D eigenvalue weighted by molar-refractivity contribution is 0.0693. The number of phenols is 1. The molecular formula is C25H24ClNO5. The van der Waals surface area contributed by atoms with Crippen LogP contribution < -0.4 is 10.1 Å². The number of carbonyl (C=O) groups is 1. The van der Waals surface area contributed by atoms with Gasteiger partial charge in [0.15, 0.2) is 0 Å². The van der Waals surface area contributed by atoms with E-state index in [1.54, 1.807) is 12.1 Å². The van der Waals surface area contributed by atoms with Gasteiger partial charge in [-0.05, 0) is 78.4 Å². The number of hydrogen-bond acceptors (Lipinski definition) is 5. The minimum Gasteiger partial charge on any atom is -0.507 e. The molecule has 3 aromatic rings. The molecule has 0 fully saturated rings. The Bertz CT molecular complexity index is 1130. The Hall–Kier alpha value is -3.06. The van der Waals surface area contributed by atoms with E-state index in [-0.39, 0.29) is 17.4 Å². The molecule has 0 aromatic heterocycles. The zero-order valence-corrected chi connectivity index (χ0v) is 18.0. The Labute approximate surface area is 191 Å². The van der Waals surface area contributed by atoms with Gasteiger partial charge in [-0.1, -0.05) is 29.8 Å². The highest BCUT2D eigenvalue weighted by molar-refractivity contribution is 6.30. The van der Waals surface area contributed by atoms with Crippen LogP contribution in [0.4, 0.5) is 0 Å². The van der Waals surface area contributed by atoms with E-state index in [2.05, 4.69) is 5.32 Å². The summed E-state index contributed by atoms with van der Waals surface area (Å²) < 4.78 is 5.85. The number of nitrogens with one attached hydrogen (secondary N) is 1. The first kappa shape index (κ1) is 22.1. The van der Waals surface area contributed by atoms with Gasteiger partial charge in [-0.25, -0.2) is 4.79 Å². The van der Waals surface area contributed by atoms with E-state index in [0.717, 1.165) is 30.4 Å². The van der Waals surface area contributed by atoms with Gasteiger partial charge in [-0.3, -0.25) is 0 Å². The number of aromatic hydroxyl groups is 1. The molecule has 6 nitrogen and oxygen atoms in total. The molecule has 0 heterocycles. The van der Waals surface area contributed by atoms with Gasteiger partial charge in [0.1, 0.15) is 22.8 Å². The summed E-state index contributed by atoms with van der Waals surface area (Å²) in [5, 5.41) is 33.3. The third kappa shape index (κ3) is 5.22. The Morgan fingerprint density at radius 2 is 1.88 bits per heavy atom. The maximum Gasteiger partial charge on any atom is 0.339 e. The van der Waals surface area contributed by atoms with Crippen LogP contribution in [0.2, 0.25) is 5.02 Å². The smallest absolute Gasteiger partial charge is 0.339 e. The lowest BCUT2D eigenvalue weighted by atomic mass is 9.88. The molecule has 0 amide bonds. The van der Waals surface area contributed by atoms with Crippen molar-refractivity contribution in [1.29, 1.82) is 0 Å². The number of aliphatic hydroxyl groups excluding tert-OH is 1. The minimum atomic E-state index is -1.22. The molecule has 0 aliphatic heterocycles. The van der Waals surface area contributed by atoms with E-state index in [1.807, 2.05) is 30.3 Å². The van der Waals surface area contributed by atoms with Gasteiger partial charge in [0, 0.05) is 17.6 Å². The van der Waals surface area contributed by atoms with Gasteiger partial charge < -0.3 is 25.4 Å². The van der Waals surface area contributed by atoms with Crippen LogP contribution in [0.25, 0.3) is 0 Å². The second-order valence-corrected chi connectivity index (χ2v) is 8.37. The van der Waals surface area contributed by atoms with E-state index in [4.69, 9.17) is 16.3 Å². The van der Waals surface area contributed by atoms with Crippen molar-refractivity contribution in [2.75, 3.05) is 6.54 Å². The Kier molecular flexibility index (Phi) is 6.65. The normalized spacial score (nSPS) is 16.2. The fraction of sp³-hybridized carbons (Fsp3) is 0.240. The van der Waals surface area contributed by atoms with Crippen LogP contribution in [0.15, 0.2) is 60.7 Å². The van der Waals surface area contributed by atoms with Gasteiger partial charge in [0.2, 0.25) is 0 Å². The molecule has 1 aliphatic rings. The van der Waals surface area contributed by atoms with Crippen molar-refractivity contribution >= 4 is 17.6 Å². The molecule has 32 heavy (non-hydrogen) atoms. The second kappa shape index (κ2) is 9.61. The summed E-state index contributed by atoms with van der Waals surface area (Å²) in [7, 11) is 0. The van der Waals surface area contributed by atoms with Crippen LogP contribution in [0, 0.1) is 0 Å². The van der Waals surface area contributed by atoms with Crippen LogP contribution >= 0.6 is 11.6 Å². The Morgan fingerprint density at radius 3 is 2.66 bits per heavy atom. The average Bonchev–Trinajstić information content (AvgIpc) is 2.78. The fourth-order valence-electron chi connectivity index (χ4n) is 3.97. The SMILES string of the molecule is O=C(O)c1cc(Oc2ccc3c(c2)C[C@@H](NC[C@H](O)c2cccc(Cl)c2)CC3)ccc1O. The third-order valence-electron chi connectivity index (χ3n) is 5.67. The molecule has 0 saturated heterocycles. The molecule has 0 bridgehead atoms. The summed E-state index contributed by atoms with van der Waals surface area (Å²) in [6.45, 7) is 0.433. The lowest BCUT2D eigenvalue weighted by Gasteiger charge is -2.27. The van der Waals surface area contributed by atoms with Crippen molar-refractivity contribution in [3.05, 3.63) is 87.9 Å². The van der Waals surface area contributed by atoms with E-state index in [9.17, 15) is 20.1 Å². The highest BCUT2D eigenvalue weighted by atomic mass is 35.5. The molecule has 1 aliphatic carbocycles. The van der Waals surface area contributed by atoms with Crippen LogP contribution in [0.1, 0.15) is 39.6 Å². The summed E-state index contributed by atoms with van der Waals surface area (Å²) in [5.41, 5.74) is 2.98. The van der Waals surface area contributed by atoms with Gasteiger partial charge in [-0.2, -0.15) is 0 Å². The minimum absolute atomic E-state index is 0.206. The molecule has 0 spiro atoms. The quantitative estimate of drug-likeness (QED) is 0.413. The molecule has 166 valence electrons. The first-order valence-corrected chi connectivity index (χ1v) is 10.8. The molecule has 0 radical (unpaired) electrons.